The van der Waals surface area contributed by atoms with Gasteiger partial charge < -0.3 is 15.8 Å². The SMILES string of the molecule is CC1OCCC1C(=O)Nc1ncc(N)cc1Br. The van der Waals surface area contributed by atoms with Gasteiger partial charge in [0.1, 0.15) is 5.82 Å². The summed E-state index contributed by atoms with van der Waals surface area (Å²) in [6.07, 6.45) is 2.22. The van der Waals surface area contributed by atoms with Gasteiger partial charge in [-0.3, -0.25) is 4.79 Å². The zero-order chi connectivity index (χ0) is 12.4. The standard InChI is InChI=1S/C11H14BrN3O2/c1-6-8(2-3-17-6)11(16)15-10-9(12)4-7(13)5-14-10/h4-6,8H,2-3,13H2,1H3,(H,14,15,16). The van der Waals surface area contributed by atoms with Crippen molar-refractivity contribution in [1.29, 1.82) is 0 Å². The van der Waals surface area contributed by atoms with Crippen LogP contribution < -0.4 is 11.1 Å². The molecule has 0 aliphatic carbocycles. The first kappa shape index (κ1) is 12.3. The molecule has 2 unspecified atom stereocenters. The molecule has 0 spiro atoms. The molecule has 1 amide bonds. The average Bonchev–Trinajstić information content (AvgIpc) is 2.68. The second-order valence-corrected chi connectivity index (χ2v) is 4.91. The molecule has 1 aromatic rings. The normalized spacial score (nSPS) is 23.6. The van der Waals surface area contributed by atoms with Gasteiger partial charge in [0.2, 0.25) is 5.91 Å². The molecule has 0 bridgehead atoms. The predicted molar refractivity (Wildman–Crippen MR) is 68.5 cm³/mol. The fourth-order valence-electron chi connectivity index (χ4n) is 1.83. The topological polar surface area (TPSA) is 77.2 Å². The van der Waals surface area contributed by atoms with Crippen molar-refractivity contribution in [3.05, 3.63) is 16.7 Å². The number of rotatable bonds is 2. The van der Waals surface area contributed by atoms with Gasteiger partial charge in [-0.1, -0.05) is 0 Å². The molecule has 5 nitrogen and oxygen atoms in total. The smallest absolute Gasteiger partial charge is 0.231 e. The third kappa shape index (κ3) is 2.76. The first-order valence-corrected chi connectivity index (χ1v) is 6.20. The lowest BCUT2D eigenvalue weighted by Crippen LogP contribution is -2.28. The number of nitrogens with zero attached hydrogens (tertiary/aromatic N) is 1. The van der Waals surface area contributed by atoms with Crippen LogP contribution in [0.3, 0.4) is 0 Å². The minimum Gasteiger partial charge on any atom is -0.397 e. The zero-order valence-electron chi connectivity index (χ0n) is 9.44. The van der Waals surface area contributed by atoms with E-state index in [4.69, 9.17) is 10.5 Å². The van der Waals surface area contributed by atoms with Gasteiger partial charge >= 0.3 is 0 Å². The molecule has 1 aliphatic heterocycles. The number of nitrogens with two attached hydrogens (primary N) is 1. The summed E-state index contributed by atoms with van der Waals surface area (Å²) in [5.74, 6) is 0.317. The van der Waals surface area contributed by atoms with Crippen molar-refractivity contribution in [2.24, 2.45) is 5.92 Å². The third-order valence-electron chi connectivity index (χ3n) is 2.82. The van der Waals surface area contributed by atoms with Crippen molar-refractivity contribution in [1.82, 2.24) is 4.98 Å². The Morgan fingerprint density at radius 3 is 3.06 bits per heavy atom. The van der Waals surface area contributed by atoms with Crippen molar-refractivity contribution in [2.45, 2.75) is 19.4 Å². The Morgan fingerprint density at radius 2 is 2.47 bits per heavy atom. The highest BCUT2D eigenvalue weighted by atomic mass is 79.9. The first-order chi connectivity index (χ1) is 8.08. The maximum absolute atomic E-state index is 12.0. The number of carbonyl (C=O) groups excluding carboxylic acids is 1. The molecule has 3 N–H and O–H groups in total. The largest absolute Gasteiger partial charge is 0.397 e. The van der Waals surface area contributed by atoms with Crippen LogP contribution in [0.1, 0.15) is 13.3 Å². The Labute approximate surface area is 108 Å². The summed E-state index contributed by atoms with van der Waals surface area (Å²) >= 11 is 3.31. The highest BCUT2D eigenvalue weighted by Gasteiger charge is 2.31. The van der Waals surface area contributed by atoms with Gasteiger partial charge in [0.25, 0.3) is 0 Å². The van der Waals surface area contributed by atoms with Crippen LogP contribution in [-0.2, 0) is 9.53 Å². The number of aromatic nitrogens is 1. The lowest BCUT2D eigenvalue weighted by molar-refractivity contribution is -0.121. The lowest BCUT2D eigenvalue weighted by Gasteiger charge is -2.14. The van der Waals surface area contributed by atoms with Crippen LogP contribution in [0.5, 0.6) is 0 Å². The molecule has 17 heavy (non-hydrogen) atoms. The molecule has 0 saturated carbocycles. The van der Waals surface area contributed by atoms with Crippen LogP contribution >= 0.6 is 15.9 Å². The van der Waals surface area contributed by atoms with Gasteiger partial charge in [0.05, 0.1) is 28.4 Å². The fraction of sp³-hybridized carbons (Fsp3) is 0.455. The Hall–Kier alpha value is -1.14. The Kier molecular flexibility index (Phi) is 3.63. The van der Waals surface area contributed by atoms with Crippen LogP contribution in [-0.4, -0.2) is 23.6 Å². The number of nitrogen functional groups attached to an aromatic ring is 1. The second-order valence-electron chi connectivity index (χ2n) is 4.06. The summed E-state index contributed by atoms with van der Waals surface area (Å²) in [6, 6.07) is 1.71. The van der Waals surface area contributed by atoms with E-state index >= 15 is 0 Å². The van der Waals surface area contributed by atoms with E-state index in [2.05, 4.69) is 26.2 Å². The van der Waals surface area contributed by atoms with Crippen molar-refractivity contribution >= 4 is 33.3 Å². The van der Waals surface area contributed by atoms with Crippen LogP contribution in [0.25, 0.3) is 0 Å². The van der Waals surface area contributed by atoms with Crippen molar-refractivity contribution in [3.8, 4) is 0 Å². The average molecular weight is 300 g/mol. The second kappa shape index (κ2) is 5.01. The van der Waals surface area contributed by atoms with Crippen LogP contribution in [0.2, 0.25) is 0 Å². The van der Waals surface area contributed by atoms with E-state index in [1.165, 1.54) is 6.20 Å². The minimum atomic E-state index is -0.110. The molecule has 2 atom stereocenters. The van der Waals surface area contributed by atoms with Gasteiger partial charge in [-0.05, 0) is 35.3 Å². The van der Waals surface area contributed by atoms with Gasteiger partial charge in [-0.2, -0.15) is 0 Å². The van der Waals surface area contributed by atoms with Crippen LogP contribution in [0.15, 0.2) is 16.7 Å². The van der Waals surface area contributed by atoms with Crippen molar-refractivity contribution < 1.29 is 9.53 Å². The summed E-state index contributed by atoms with van der Waals surface area (Å²) in [6.45, 7) is 2.54. The number of nitrogens with one attached hydrogen (secondary N) is 1. The molecule has 2 rings (SSSR count). The summed E-state index contributed by atoms with van der Waals surface area (Å²) in [5, 5.41) is 2.78. The van der Waals surface area contributed by atoms with E-state index in [1.807, 2.05) is 6.92 Å². The number of amides is 1. The van der Waals surface area contributed by atoms with Crippen LogP contribution in [0, 0.1) is 5.92 Å². The van der Waals surface area contributed by atoms with E-state index in [1.54, 1.807) is 6.07 Å². The summed E-state index contributed by atoms with van der Waals surface area (Å²) in [5.41, 5.74) is 6.13. The van der Waals surface area contributed by atoms with Gasteiger partial charge in [-0.15, -0.1) is 0 Å². The molecule has 6 heteroatoms. The van der Waals surface area contributed by atoms with E-state index < -0.39 is 0 Å². The quantitative estimate of drug-likeness (QED) is 0.873. The van der Waals surface area contributed by atoms with Crippen molar-refractivity contribution in [3.63, 3.8) is 0 Å². The molecule has 0 aromatic carbocycles. The molecule has 1 fully saturated rings. The van der Waals surface area contributed by atoms with Gasteiger partial charge in [-0.25, -0.2) is 4.98 Å². The lowest BCUT2D eigenvalue weighted by atomic mass is 10.0. The van der Waals surface area contributed by atoms with E-state index in [9.17, 15) is 4.79 Å². The van der Waals surface area contributed by atoms with Gasteiger partial charge in [0, 0.05) is 6.61 Å². The van der Waals surface area contributed by atoms with E-state index in [-0.39, 0.29) is 17.9 Å². The fourth-order valence-corrected chi connectivity index (χ4v) is 2.30. The van der Waals surface area contributed by atoms with E-state index in [0.717, 1.165) is 6.42 Å². The molecule has 1 saturated heterocycles. The number of carbonyl (C=O) groups is 1. The third-order valence-corrected chi connectivity index (χ3v) is 3.42. The maximum atomic E-state index is 12.0. The zero-order valence-corrected chi connectivity index (χ0v) is 11.0. The highest BCUT2D eigenvalue weighted by molar-refractivity contribution is 9.10. The number of hydrogen-bond acceptors (Lipinski definition) is 4. The number of hydrogen-bond donors (Lipinski definition) is 2. The summed E-state index contributed by atoms with van der Waals surface area (Å²) in [4.78, 5) is 16.0. The number of halogens is 1. The molecular formula is C11H14BrN3O2. The summed E-state index contributed by atoms with van der Waals surface area (Å²) < 4.78 is 6.04. The van der Waals surface area contributed by atoms with Crippen LogP contribution in [0.4, 0.5) is 11.5 Å². The minimum absolute atomic E-state index is 0.0393. The van der Waals surface area contributed by atoms with Crippen molar-refractivity contribution in [2.75, 3.05) is 17.7 Å². The molecule has 1 aliphatic rings. The Morgan fingerprint density at radius 1 is 1.71 bits per heavy atom. The molecule has 1 aromatic heterocycles. The Balaban J connectivity index is 2.07. The maximum Gasteiger partial charge on any atom is 0.231 e. The highest BCUT2D eigenvalue weighted by Crippen LogP contribution is 2.25. The number of ether oxygens (including phenoxy) is 1. The monoisotopic (exact) mass is 299 g/mol. The van der Waals surface area contributed by atoms with Gasteiger partial charge in [0.15, 0.2) is 0 Å². The first-order valence-electron chi connectivity index (χ1n) is 5.41. The summed E-state index contributed by atoms with van der Waals surface area (Å²) in [7, 11) is 0. The van der Waals surface area contributed by atoms with E-state index in [0.29, 0.717) is 22.6 Å². The Bertz CT molecular complexity index is 439. The number of anilines is 2. The molecule has 92 valence electrons. The molecule has 0 radical (unpaired) electrons. The predicted octanol–water partition coefficient (Wildman–Crippen LogP) is 1.79. The number of pyridine rings is 1. The molecule has 2 heterocycles. The molecular weight excluding hydrogens is 286 g/mol.